The number of rotatable bonds is 2. The zero-order valence-electron chi connectivity index (χ0n) is 16.3. The third-order valence-corrected chi connectivity index (χ3v) is 7.29. The van der Waals surface area contributed by atoms with Gasteiger partial charge in [0.15, 0.2) is 0 Å². The summed E-state index contributed by atoms with van der Waals surface area (Å²) in [6, 6.07) is 4.19. The average molecular weight is 328 g/mol. The number of aromatic hydroxyl groups is 1. The zero-order chi connectivity index (χ0) is 18.1. The van der Waals surface area contributed by atoms with Gasteiger partial charge in [-0.1, -0.05) is 53.7 Å². The summed E-state index contributed by atoms with van der Waals surface area (Å²) >= 11 is 0. The Balaban J connectivity index is 1.96. The van der Waals surface area contributed by atoms with Crippen molar-refractivity contribution in [1.82, 2.24) is 0 Å². The van der Waals surface area contributed by atoms with E-state index in [2.05, 4.69) is 53.7 Å². The second-order valence-corrected chi connectivity index (χ2v) is 9.93. The van der Waals surface area contributed by atoms with Crippen LogP contribution in [0.25, 0.3) is 0 Å². The molecule has 0 aromatic heterocycles. The molecule has 3 atom stereocenters. The molecule has 2 aliphatic carbocycles. The van der Waals surface area contributed by atoms with Crippen LogP contribution in [0.5, 0.6) is 5.75 Å². The van der Waals surface area contributed by atoms with Crippen molar-refractivity contribution in [2.24, 2.45) is 22.7 Å². The van der Waals surface area contributed by atoms with Gasteiger partial charge in [0.05, 0.1) is 0 Å². The summed E-state index contributed by atoms with van der Waals surface area (Å²) in [5.74, 6) is 1.49. The number of phenols is 1. The Bertz CT molecular complexity index is 693. The van der Waals surface area contributed by atoms with Crippen LogP contribution in [0.1, 0.15) is 71.1 Å². The molecule has 24 heavy (non-hydrogen) atoms. The monoisotopic (exact) mass is 328 g/mol. The third kappa shape index (κ3) is 2.25. The molecule has 0 spiro atoms. The molecular weight excluding hydrogens is 296 g/mol. The van der Waals surface area contributed by atoms with Crippen molar-refractivity contribution >= 4 is 5.78 Å². The summed E-state index contributed by atoms with van der Waals surface area (Å²) in [5, 5.41) is 10.4. The Hall–Kier alpha value is -1.31. The number of carbonyl (C=O) groups is 1. The second-order valence-electron chi connectivity index (χ2n) is 9.93. The van der Waals surface area contributed by atoms with Gasteiger partial charge in [0.2, 0.25) is 0 Å². The summed E-state index contributed by atoms with van der Waals surface area (Å²) in [5.41, 5.74) is 2.95. The number of benzene rings is 1. The highest BCUT2D eigenvalue weighted by atomic mass is 16.3. The van der Waals surface area contributed by atoms with E-state index >= 15 is 0 Å². The van der Waals surface area contributed by atoms with Gasteiger partial charge in [-0.25, -0.2) is 0 Å². The molecule has 0 heterocycles. The Morgan fingerprint density at radius 2 is 1.83 bits per heavy atom. The highest BCUT2D eigenvalue weighted by Crippen LogP contribution is 2.66. The SMILES string of the molecule is Cc1cc(CC2C(=O)C3(C)CCC2C3(C)C)cc(C(C)(C)C)c1O. The van der Waals surface area contributed by atoms with E-state index in [1.807, 2.05) is 6.92 Å². The first-order chi connectivity index (χ1) is 10.9. The molecule has 2 aliphatic rings. The van der Waals surface area contributed by atoms with Crippen LogP contribution in [-0.4, -0.2) is 10.9 Å². The van der Waals surface area contributed by atoms with Crippen LogP contribution in [0.4, 0.5) is 0 Å². The van der Waals surface area contributed by atoms with E-state index in [1.54, 1.807) is 0 Å². The molecule has 0 saturated heterocycles. The number of aryl methyl sites for hydroxylation is 1. The number of fused-ring (bicyclic) bond motifs is 2. The topological polar surface area (TPSA) is 37.3 Å². The lowest BCUT2D eigenvalue weighted by molar-refractivity contribution is -0.131. The van der Waals surface area contributed by atoms with Crippen molar-refractivity contribution in [2.45, 2.75) is 73.1 Å². The molecule has 3 rings (SSSR count). The second kappa shape index (κ2) is 5.09. The fourth-order valence-electron chi connectivity index (χ4n) is 5.31. The number of hydrogen-bond acceptors (Lipinski definition) is 2. The fourth-order valence-corrected chi connectivity index (χ4v) is 5.31. The molecule has 1 aromatic carbocycles. The highest BCUT2D eigenvalue weighted by Gasteiger charge is 2.65. The van der Waals surface area contributed by atoms with Crippen molar-refractivity contribution in [3.8, 4) is 5.75 Å². The van der Waals surface area contributed by atoms with E-state index < -0.39 is 0 Å². The number of phenolic OH excluding ortho intramolecular Hbond substituents is 1. The molecule has 3 unspecified atom stereocenters. The van der Waals surface area contributed by atoms with Crippen molar-refractivity contribution in [1.29, 1.82) is 0 Å². The van der Waals surface area contributed by atoms with Crippen molar-refractivity contribution < 1.29 is 9.90 Å². The van der Waals surface area contributed by atoms with Crippen LogP contribution in [0.15, 0.2) is 12.1 Å². The minimum atomic E-state index is -0.152. The maximum absolute atomic E-state index is 13.1. The number of carbonyl (C=O) groups excluding carboxylic acids is 1. The molecule has 0 amide bonds. The maximum Gasteiger partial charge on any atom is 0.142 e. The lowest BCUT2D eigenvalue weighted by Gasteiger charge is -2.32. The van der Waals surface area contributed by atoms with Gasteiger partial charge in [-0.3, -0.25) is 4.79 Å². The van der Waals surface area contributed by atoms with Crippen molar-refractivity contribution in [3.05, 3.63) is 28.8 Å². The Morgan fingerprint density at radius 1 is 1.21 bits per heavy atom. The lowest BCUT2D eigenvalue weighted by Crippen LogP contribution is -2.33. The van der Waals surface area contributed by atoms with E-state index in [9.17, 15) is 9.90 Å². The van der Waals surface area contributed by atoms with Gasteiger partial charge >= 0.3 is 0 Å². The predicted octanol–water partition coefficient (Wildman–Crippen LogP) is 5.18. The molecule has 132 valence electrons. The first kappa shape index (κ1) is 17.5. The van der Waals surface area contributed by atoms with Gasteiger partial charge in [0, 0.05) is 11.3 Å². The van der Waals surface area contributed by atoms with Crippen molar-refractivity contribution in [2.75, 3.05) is 0 Å². The lowest BCUT2D eigenvalue weighted by atomic mass is 9.70. The van der Waals surface area contributed by atoms with E-state index in [-0.39, 0.29) is 22.2 Å². The Morgan fingerprint density at radius 3 is 2.33 bits per heavy atom. The molecule has 2 fully saturated rings. The molecule has 2 bridgehead atoms. The maximum atomic E-state index is 13.1. The first-order valence-corrected chi connectivity index (χ1v) is 9.27. The molecular formula is C22H32O2. The van der Waals surface area contributed by atoms with E-state index in [4.69, 9.17) is 0 Å². The number of ketones is 1. The normalized spacial score (nSPS) is 31.7. The largest absolute Gasteiger partial charge is 0.507 e. The molecule has 2 nitrogen and oxygen atoms in total. The predicted molar refractivity (Wildman–Crippen MR) is 98.4 cm³/mol. The highest BCUT2D eigenvalue weighted by molar-refractivity contribution is 5.91. The Kier molecular flexibility index (Phi) is 3.72. The first-order valence-electron chi connectivity index (χ1n) is 9.27. The van der Waals surface area contributed by atoms with Gasteiger partial charge in [0.1, 0.15) is 11.5 Å². The van der Waals surface area contributed by atoms with Crippen LogP contribution >= 0.6 is 0 Å². The third-order valence-electron chi connectivity index (χ3n) is 7.29. The molecule has 0 aliphatic heterocycles. The van der Waals surface area contributed by atoms with E-state index in [0.717, 1.165) is 24.0 Å². The van der Waals surface area contributed by atoms with Gasteiger partial charge in [0.25, 0.3) is 0 Å². The van der Waals surface area contributed by atoms with Crippen molar-refractivity contribution in [3.63, 3.8) is 0 Å². The molecule has 2 heteroatoms. The van der Waals surface area contributed by atoms with Crippen LogP contribution in [0.2, 0.25) is 0 Å². The van der Waals surface area contributed by atoms with Crippen LogP contribution < -0.4 is 0 Å². The van der Waals surface area contributed by atoms with Gasteiger partial charge in [-0.05, 0) is 59.6 Å². The standard InChI is InChI=1S/C22H32O2/c1-13-10-14(12-17(18(13)23)20(2,3)4)11-15-16-8-9-22(7,19(15)24)21(16,5)6/h10,12,15-16,23H,8-9,11H2,1-7H3. The summed E-state index contributed by atoms with van der Waals surface area (Å²) in [6.45, 7) is 15.1. The van der Waals surface area contributed by atoms with Gasteiger partial charge in [-0.15, -0.1) is 0 Å². The molecule has 0 radical (unpaired) electrons. The smallest absolute Gasteiger partial charge is 0.142 e. The number of Topliss-reactive ketones (excluding diaryl/α,β-unsaturated/α-hetero) is 1. The average Bonchev–Trinajstić information content (AvgIpc) is 2.75. The Labute approximate surface area is 146 Å². The minimum absolute atomic E-state index is 0.102. The molecule has 1 N–H and O–H groups in total. The van der Waals surface area contributed by atoms with E-state index in [0.29, 0.717) is 17.5 Å². The molecule has 1 aromatic rings. The van der Waals surface area contributed by atoms with Crippen LogP contribution in [0.3, 0.4) is 0 Å². The number of hydrogen-bond donors (Lipinski definition) is 1. The summed E-state index contributed by atoms with van der Waals surface area (Å²) < 4.78 is 0. The minimum Gasteiger partial charge on any atom is -0.507 e. The molecule has 2 saturated carbocycles. The zero-order valence-corrected chi connectivity index (χ0v) is 16.3. The fraction of sp³-hybridized carbons (Fsp3) is 0.682. The van der Waals surface area contributed by atoms with E-state index in [1.165, 1.54) is 12.0 Å². The summed E-state index contributed by atoms with van der Waals surface area (Å²) in [6.07, 6.45) is 3.03. The summed E-state index contributed by atoms with van der Waals surface area (Å²) in [7, 11) is 0. The van der Waals surface area contributed by atoms with Crippen LogP contribution in [0, 0.1) is 29.6 Å². The summed E-state index contributed by atoms with van der Waals surface area (Å²) in [4.78, 5) is 13.1. The van der Waals surface area contributed by atoms with Gasteiger partial charge < -0.3 is 5.11 Å². The van der Waals surface area contributed by atoms with Gasteiger partial charge in [-0.2, -0.15) is 0 Å². The van der Waals surface area contributed by atoms with Crippen LogP contribution in [-0.2, 0) is 16.6 Å². The quantitative estimate of drug-likeness (QED) is 0.812.